The van der Waals surface area contributed by atoms with E-state index in [1.165, 1.54) is 5.56 Å². The van der Waals surface area contributed by atoms with Crippen molar-refractivity contribution in [1.29, 1.82) is 0 Å². The van der Waals surface area contributed by atoms with Crippen LogP contribution in [0.4, 0.5) is 0 Å². The third-order valence-electron chi connectivity index (χ3n) is 2.67. The summed E-state index contributed by atoms with van der Waals surface area (Å²) in [7, 11) is 2.09. The molecule has 0 aliphatic rings. The third-order valence-corrected chi connectivity index (χ3v) is 2.67. The summed E-state index contributed by atoms with van der Waals surface area (Å²) < 4.78 is 0. The quantitative estimate of drug-likeness (QED) is 0.351. The van der Waals surface area contributed by atoms with Gasteiger partial charge in [-0.05, 0) is 26.5 Å². The van der Waals surface area contributed by atoms with Gasteiger partial charge in [0.25, 0.3) is 0 Å². The van der Waals surface area contributed by atoms with Crippen molar-refractivity contribution in [1.82, 2.24) is 4.90 Å². The topological polar surface area (TPSA) is 61.8 Å². The number of nitrogens with two attached hydrogens (primary N) is 1. The summed E-state index contributed by atoms with van der Waals surface area (Å²) in [6.07, 6.45) is 0. The molecule has 0 saturated carbocycles. The normalized spacial score (nSPS) is 12.4. The minimum Gasteiger partial charge on any atom is -0.409 e. The van der Waals surface area contributed by atoms with Crippen LogP contribution in [0.1, 0.15) is 25.0 Å². The van der Waals surface area contributed by atoms with Crippen LogP contribution in [-0.4, -0.2) is 29.0 Å². The molecule has 0 fully saturated rings. The minimum atomic E-state index is 0.142. The number of rotatable bonds is 4. The van der Waals surface area contributed by atoms with E-state index in [9.17, 15) is 0 Å². The highest BCUT2D eigenvalue weighted by atomic mass is 16.4. The summed E-state index contributed by atoms with van der Waals surface area (Å²) in [4.78, 5) is 2.25. The fourth-order valence-electron chi connectivity index (χ4n) is 1.31. The molecule has 0 radical (unpaired) electrons. The van der Waals surface area contributed by atoms with E-state index in [1.54, 1.807) is 0 Å². The number of oxime groups is 1. The highest BCUT2D eigenvalue weighted by molar-refractivity contribution is 5.96. The average Bonchev–Trinajstić information content (AvgIpc) is 2.28. The van der Waals surface area contributed by atoms with Gasteiger partial charge >= 0.3 is 0 Å². The lowest BCUT2D eigenvalue weighted by Crippen LogP contribution is -2.25. The van der Waals surface area contributed by atoms with Crippen molar-refractivity contribution in [3.05, 3.63) is 35.4 Å². The number of nitrogens with zero attached hydrogens (tertiary/aromatic N) is 2. The van der Waals surface area contributed by atoms with Gasteiger partial charge in [-0.25, -0.2) is 0 Å². The van der Waals surface area contributed by atoms with Crippen molar-refractivity contribution in [2.75, 3.05) is 7.05 Å². The van der Waals surface area contributed by atoms with E-state index < -0.39 is 0 Å². The molecule has 1 aromatic carbocycles. The third kappa shape index (κ3) is 3.24. The van der Waals surface area contributed by atoms with Crippen LogP contribution >= 0.6 is 0 Å². The standard InChI is InChI=1S/C12H19N3O/c1-9(2)15(3)8-10-4-6-11(7-5-10)12(13)14-16/h4-7,9,16H,8H2,1-3H3,(H2,13,14). The predicted octanol–water partition coefficient (Wildman–Crippen LogP) is 1.62. The van der Waals surface area contributed by atoms with Crippen LogP contribution in [0.3, 0.4) is 0 Å². The maximum atomic E-state index is 8.53. The van der Waals surface area contributed by atoms with Gasteiger partial charge in [-0.1, -0.05) is 29.4 Å². The Morgan fingerprint density at radius 3 is 2.38 bits per heavy atom. The van der Waals surface area contributed by atoms with Crippen molar-refractivity contribution in [2.45, 2.75) is 26.4 Å². The number of hydrogen-bond acceptors (Lipinski definition) is 3. The van der Waals surface area contributed by atoms with Crippen LogP contribution in [-0.2, 0) is 6.54 Å². The second-order valence-corrected chi connectivity index (χ2v) is 4.19. The number of benzene rings is 1. The Balaban J connectivity index is 2.72. The summed E-state index contributed by atoms with van der Waals surface area (Å²) in [5.41, 5.74) is 7.43. The van der Waals surface area contributed by atoms with Crippen LogP contribution < -0.4 is 5.73 Å². The molecule has 0 aromatic heterocycles. The first-order chi connectivity index (χ1) is 7.54. The van der Waals surface area contributed by atoms with Gasteiger partial charge in [0.15, 0.2) is 5.84 Å². The molecule has 0 spiro atoms. The Morgan fingerprint density at radius 1 is 1.38 bits per heavy atom. The molecule has 0 bridgehead atoms. The summed E-state index contributed by atoms with van der Waals surface area (Å²) in [6, 6.07) is 8.22. The van der Waals surface area contributed by atoms with Crippen molar-refractivity contribution in [3.8, 4) is 0 Å². The Labute approximate surface area is 96.4 Å². The van der Waals surface area contributed by atoms with Crippen molar-refractivity contribution < 1.29 is 5.21 Å². The molecule has 16 heavy (non-hydrogen) atoms. The van der Waals surface area contributed by atoms with Gasteiger partial charge in [-0.15, -0.1) is 0 Å². The zero-order valence-electron chi connectivity index (χ0n) is 10.0. The molecule has 0 amide bonds. The monoisotopic (exact) mass is 221 g/mol. The molecular formula is C12H19N3O. The van der Waals surface area contributed by atoms with Crippen molar-refractivity contribution >= 4 is 5.84 Å². The maximum Gasteiger partial charge on any atom is 0.170 e. The summed E-state index contributed by atoms with van der Waals surface area (Å²) in [6.45, 7) is 5.21. The van der Waals surface area contributed by atoms with Gasteiger partial charge in [0.2, 0.25) is 0 Å². The highest BCUT2D eigenvalue weighted by Crippen LogP contribution is 2.08. The molecule has 3 N–H and O–H groups in total. The fourth-order valence-corrected chi connectivity index (χ4v) is 1.31. The maximum absolute atomic E-state index is 8.53. The van der Waals surface area contributed by atoms with Crippen LogP contribution in [0.15, 0.2) is 29.4 Å². The minimum absolute atomic E-state index is 0.142. The van der Waals surface area contributed by atoms with E-state index in [2.05, 4.69) is 31.0 Å². The largest absolute Gasteiger partial charge is 0.409 e. The SMILES string of the molecule is CC(C)N(C)Cc1ccc(/C(N)=N/O)cc1. The van der Waals surface area contributed by atoms with Gasteiger partial charge < -0.3 is 10.9 Å². The first-order valence-corrected chi connectivity index (χ1v) is 5.31. The lowest BCUT2D eigenvalue weighted by molar-refractivity contribution is 0.266. The summed E-state index contributed by atoms with van der Waals surface area (Å²) >= 11 is 0. The lowest BCUT2D eigenvalue weighted by atomic mass is 10.1. The van der Waals surface area contributed by atoms with Crippen LogP contribution in [0, 0.1) is 0 Å². The molecule has 88 valence electrons. The molecule has 1 rings (SSSR count). The first-order valence-electron chi connectivity index (χ1n) is 5.31. The molecule has 0 unspecified atom stereocenters. The summed E-state index contributed by atoms with van der Waals surface area (Å²) in [5, 5.41) is 11.5. The van der Waals surface area contributed by atoms with E-state index in [-0.39, 0.29) is 5.84 Å². The van der Waals surface area contributed by atoms with Crippen LogP contribution in [0.25, 0.3) is 0 Å². The van der Waals surface area contributed by atoms with Gasteiger partial charge in [0, 0.05) is 18.2 Å². The zero-order chi connectivity index (χ0) is 12.1. The highest BCUT2D eigenvalue weighted by Gasteiger charge is 2.04. The molecule has 0 aliphatic carbocycles. The molecule has 1 aromatic rings. The van der Waals surface area contributed by atoms with E-state index in [4.69, 9.17) is 10.9 Å². The second kappa shape index (κ2) is 5.51. The molecule has 0 heterocycles. The Bertz CT molecular complexity index is 357. The Kier molecular flexibility index (Phi) is 4.31. The van der Waals surface area contributed by atoms with E-state index in [1.807, 2.05) is 24.3 Å². The lowest BCUT2D eigenvalue weighted by Gasteiger charge is -2.20. The van der Waals surface area contributed by atoms with E-state index in [0.717, 1.165) is 12.1 Å². The zero-order valence-corrected chi connectivity index (χ0v) is 10.0. The van der Waals surface area contributed by atoms with Gasteiger partial charge in [0.05, 0.1) is 0 Å². The molecule has 0 saturated heterocycles. The van der Waals surface area contributed by atoms with Crippen molar-refractivity contribution in [3.63, 3.8) is 0 Å². The number of amidine groups is 1. The molecule has 4 heteroatoms. The second-order valence-electron chi connectivity index (χ2n) is 4.19. The van der Waals surface area contributed by atoms with Crippen LogP contribution in [0.2, 0.25) is 0 Å². The van der Waals surface area contributed by atoms with E-state index >= 15 is 0 Å². The molecular weight excluding hydrogens is 202 g/mol. The van der Waals surface area contributed by atoms with Gasteiger partial charge in [-0.3, -0.25) is 4.90 Å². The Morgan fingerprint density at radius 2 is 1.94 bits per heavy atom. The van der Waals surface area contributed by atoms with Crippen LogP contribution in [0.5, 0.6) is 0 Å². The average molecular weight is 221 g/mol. The smallest absolute Gasteiger partial charge is 0.170 e. The van der Waals surface area contributed by atoms with Gasteiger partial charge in [0.1, 0.15) is 0 Å². The Hall–Kier alpha value is -1.55. The molecule has 4 nitrogen and oxygen atoms in total. The fraction of sp³-hybridized carbons (Fsp3) is 0.417. The van der Waals surface area contributed by atoms with E-state index in [0.29, 0.717) is 6.04 Å². The van der Waals surface area contributed by atoms with Crippen molar-refractivity contribution in [2.24, 2.45) is 10.9 Å². The first kappa shape index (κ1) is 12.5. The van der Waals surface area contributed by atoms with Gasteiger partial charge in [-0.2, -0.15) is 0 Å². The molecule has 0 aliphatic heterocycles. The predicted molar refractivity (Wildman–Crippen MR) is 65.6 cm³/mol. The number of hydrogen-bond donors (Lipinski definition) is 2. The summed E-state index contributed by atoms with van der Waals surface area (Å²) in [5.74, 6) is 0.142. The molecule has 0 atom stereocenters.